The third-order valence-corrected chi connectivity index (χ3v) is 3.36. The molecule has 0 saturated carbocycles. The molecule has 0 aliphatic rings. The number of nitrogens with zero attached hydrogens (tertiary/aromatic N) is 1. The fourth-order valence-corrected chi connectivity index (χ4v) is 1.92. The lowest BCUT2D eigenvalue weighted by Crippen LogP contribution is -2.30. The average molecular weight is 292 g/mol. The number of rotatable bonds is 3. The van der Waals surface area contributed by atoms with Gasteiger partial charge in [-0.15, -0.1) is 0 Å². The van der Waals surface area contributed by atoms with E-state index in [2.05, 4.69) is 4.98 Å². The second kappa shape index (κ2) is 5.87. The predicted octanol–water partition coefficient (Wildman–Crippen LogP) is 2.49. The molecule has 6 heteroatoms. The molecule has 1 aromatic carbocycles. The summed E-state index contributed by atoms with van der Waals surface area (Å²) in [5.41, 5.74) is 0.489. The summed E-state index contributed by atoms with van der Waals surface area (Å²) < 4.78 is 26.2. The number of hydrogen-bond donors (Lipinski definition) is 1. The van der Waals surface area contributed by atoms with Crippen LogP contribution >= 0.6 is 0 Å². The molecule has 0 saturated heterocycles. The van der Waals surface area contributed by atoms with Crippen molar-refractivity contribution in [2.45, 2.75) is 13.0 Å². The number of aromatic nitrogens is 1. The van der Waals surface area contributed by atoms with Crippen LogP contribution in [0.25, 0.3) is 0 Å². The van der Waals surface area contributed by atoms with Crippen LogP contribution in [0.5, 0.6) is 0 Å². The SMILES string of the molecule is CC(c1ccc(F)c(F)c1)N(C)C(=O)c1ccc(=O)[nH]c1. The van der Waals surface area contributed by atoms with Gasteiger partial charge >= 0.3 is 0 Å². The molecular weight excluding hydrogens is 278 g/mol. The first kappa shape index (κ1) is 14.9. The first-order valence-corrected chi connectivity index (χ1v) is 6.31. The molecule has 0 aliphatic carbocycles. The Balaban J connectivity index is 2.23. The molecular formula is C15H14F2N2O2. The summed E-state index contributed by atoms with van der Waals surface area (Å²) in [7, 11) is 1.55. The summed E-state index contributed by atoms with van der Waals surface area (Å²) in [4.78, 5) is 27.0. The second-order valence-corrected chi connectivity index (χ2v) is 4.71. The molecule has 1 N–H and O–H groups in total. The summed E-state index contributed by atoms with van der Waals surface area (Å²) in [6.45, 7) is 1.70. The first-order chi connectivity index (χ1) is 9.90. The van der Waals surface area contributed by atoms with Gasteiger partial charge in [0, 0.05) is 19.3 Å². The minimum atomic E-state index is -0.954. The van der Waals surface area contributed by atoms with Crippen molar-refractivity contribution in [3.05, 3.63) is 69.6 Å². The zero-order valence-corrected chi connectivity index (χ0v) is 11.6. The fourth-order valence-electron chi connectivity index (χ4n) is 1.92. The van der Waals surface area contributed by atoms with Crippen LogP contribution in [-0.4, -0.2) is 22.8 Å². The zero-order valence-electron chi connectivity index (χ0n) is 11.6. The van der Waals surface area contributed by atoms with Crippen LogP contribution < -0.4 is 5.56 Å². The van der Waals surface area contributed by atoms with Crippen molar-refractivity contribution >= 4 is 5.91 Å². The monoisotopic (exact) mass is 292 g/mol. The minimum absolute atomic E-state index is 0.303. The molecule has 4 nitrogen and oxygen atoms in total. The van der Waals surface area contributed by atoms with Gasteiger partial charge in [-0.3, -0.25) is 9.59 Å². The van der Waals surface area contributed by atoms with Gasteiger partial charge in [-0.25, -0.2) is 8.78 Å². The molecule has 2 aromatic rings. The van der Waals surface area contributed by atoms with Gasteiger partial charge in [0.2, 0.25) is 5.56 Å². The molecule has 110 valence electrons. The Morgan fingerprint density at radius 3 is 2.48 bits per heavy atom. The van der Waals surface area contributed by atoms with Crippen molar-refractivity contribution in [1.29, 1.82) is 0 Å². The Kier molecular flexibility index (Phi) is 4.16. The molecule has 0 aliphatic heterocycles. The van der Waals surface area contributed by atoms with Crippen molar-refractivity contribution in [1.82, 2.24) is 9.88 Å². The molecule has 0 spiro atoms. The van der Waals surface area contributed by atoms with E-state index in [1.54, 1.807) is 14.0 Å². The van der Waals surface area contributed by atoms with E-state index in [0.717, 1.165) is 12.1 Å². The molecule has 2 rings (SSSR count). The normalized spacial score (nSPS) is 12.0. The van der Waals surface area contributed by atoms with E-state index in [1.807, 2.05) is 0 Å². The molecule has 0 radical (unpaired) electrons. The van der Waals surface area contributed by atoms with Gasteiger partial charge in [0.1, 0.15) is 0 Å². The van der Waals surface area contributed by atoms with E-state index in [-0.39, 0.29) is 11.5 Å². The van der Waals surface area contributed by atoms with Crippen molar-refractivity contribution in [2.75, 3.05) is 7.05 Å². The molecule has 1 amide bonds. The topological polar surface area (TPSA) is 53.2 Å². The van der Waals surface area contributed by atoms with E-state index in [1.165, 1.54) is 29.3 Å². The Morgan fingerprint density at radius 1 is 1.19 bits per heavy atom. The highest BCUT2D eigenvalue weighted by Crippen LogP contribution is 2.22. The van der Waals surface area contributed by atoms with Gasteiger partial charge in [-0.1, -0.05) is 6.07 Å². The van der Waals surface area contributed by atoms with Crippen molar-refractivity contribution in [3.8, 4) is 0 Å². The first-order valence-electron chi connectivity index (χ1n) is 6.31. The Bertz CT molecular complexity index is 707. The number of hydrogen-bond acceptors (Lipinski definition) is 2. The van der Waals surface area contributed by atoms with E-state index >= 15 is 0 Å². The van der Waals surface area contributed by atoms with Gasteiger partial charge in [-0.2, -0.15) is 0 Å². The number of benzene rings is 1. The lowest BCUT2D eigenvalue weighted by Gasteiger charge is -2.25. The van der Waals surface area contributed by atoms with Crippen molar-refractivity contribution < 1.29 is 13.6 Å². The van der Waals surface area contributed by atoms with Crippen molar-refractivity contribution in [3.63, 3.8) is 0 Å². The van der Waals surface area contributed by atoms with Crippen LogP contribution in [0.1, 0.15) is 28.9 Å². The number of carbonyl (C=O) groups excluding carboxylic acids is 1. The maximum Gasteiger partial charge on any atom is 0.255 e. The number of halogens is 2. The van der Waals surface area contributed by atoms with Crippen LogP contribution in [0.15, 0.2) is 41.3 Å². The molecule has 21 heavy (non-hydrogen) atoms. The summed E-state index contributed by atoms with van der Waals surface area (Å²) in [6.07, 6.45) is 1.32. The van der Waals surface area contributed by atoms with Crippen LogP contribution in [-0.2, 0) is 0 Å². The third kappa shape index (κ3) is 3.16. The number of pyridine rings is 1. The summed E-state index contributed by atoms with van der Waals surface area (Å²) in [5.74, 6) is -2.21. The van der Waals surface area contributed by atoms with Crippen LogP contribution in [0, 0.1) is 11.6 Å². The Morgan fingerprint density at radius 2 is 1.90 bits per heavy atom. The molecule has 1 heterocycles. The van der Waals surface area contributed by atoms with E-state index in [9.17, 15) is 18.4 Å². The van der Waals surface area contributed by atoms with Gasteiger partial charge in [0.05, 0.1) is 11.6 Å². The van der Waals surface area contributed by atoms with Crippen molar-refractivity contribution in [2.24, 2.45) is 0 Å². The van der Waals surface area contributed by atoms with Crippen LogP contribution in [0.3, 0.4) is 0 Å². The highest BCUT2D eigenvalue weighted by atomic mass is 19.2. The molecule has 0 fully saturated rings. The smallest absolute Gasteiger partial charge is 0.255 e. The number of H-pyrrole nitrogens is 1. The number of nitrogens with one attached hydrogen (secondary N) is 1. The highest BCUT2D eigenvalue weighted by molar-refractivity contribution is 5.93. The lowest BCUT2D eigenvalue weighted by molar-refractivity contribution is 0.0742. The standard InChI is InChI=1S/C15H14F2N2O2/c1-9(10-3-5-12(16)13(17)7-10)19(2)15(21)11-4-6-14(20)18-8-11/h3-9H,1-2H3,(H,18,20). The van der Waals surface area contributed by atoms with Gasteiger partial charge < -0.3 is 9.88 Å². The number of aromatic amines is 1. The third-order valence-electron chi connectivity index (χ3n) is 3.36. The van der Waals surface area contributed by atoms with E-state index < -0.39 is 17.7 Å². The van der Waals surface area contributed by atoms with E-state index in [0.29, 0.717) is 11.1 Å². The predicted molar refractivity (Wildman–Crippen MR) is 73.9 cm³/mol. The number of amides is 1. The second-order valence-electron chi connectivity index (χ2n) is 4.71. The van der Waals surface area contributed by atoms with Gasteiger partial charge in [0.25, 0.3) is 5.91 Å². The number of carbonyl (C=O) groups is 1. The Labute approximate surface area is 120 Å². The quantitative estimate of drug-likeness (QED) is 0.945. The molecule has 1 atom stereocenters. The summed E-state index contributed by atoms with van der Waals surface area (Å²) in [6, 6.07) is 5.74. The fraction of sp³-hybridized carbons (Fsp3) is 0.200. The highest BCUT2D eigenvalue weighted by Gasteiger charge is 2.20. The summed E-state index contributed by atoms with van der Waals surface area (Å²) >= 11 is 0. The van der Waals surface area contributed by atoms with Gasteiger partial charge in [-0.05, 0) is 30.7 Å². The minimum Gasteiger partial charge on any atom is -0.335 e. The van der Waals surface area contributed by atoms with Crippen LogP contribution in [0.4, 0.5) is 8.78 Å². The zero-order chi connectivity index (χ0) is 15.6. The van der Waals surface area contributed by atoms with Crippen LogP contribution in [0.2, 0.25) is 0 Å². The Hall–Kier alpha value is -2.50. The maximum atomic E-state index is 13.3. The average Bonchev–Trinajstić information content (AvgIpc) is 2.48. The molecule has 0 bridgehead atoms. The largest absolute Gasteiger partial charge is 0.335 e. The van der Waals surface area contributed by atoms with E-state index in [4.69, 9.17) is 0 Å². The summed E-state index contributed by atoms with van der Waals surface area (Å²) in [5, 5.41) is 0. The van der Waals surface area contributed by atoms with Gasteiger partial charge in [0.15, 0.2) is 11.6 Å². The lowest BCUT2D eigenvalue weighted by atomic mass is 10.1. The molecule has 1 aromatic heterocycles. The molecule has 1 unspecified atom stereocenters. The maximum absolute atomic E-state index is 13.3.